The van der Waals surface area contributed by atoms with Crippen LogP contribution in [0.5, 0.6) is 11.6 Å². The van der Waals surface area contributed by atoms with Crippen molar-refractivity contribution in [3.05, 3.63) is 18.3 Å². The number of pyridine rings is 1. The molecule has 15 heavy (non-hydrogen) atoms. The third-order valence-electron chi connectivity index (χ3n) is 1.95. The molecule has 0 aliphatic heterocycles. The highest BCUT2D eigenvalue weighted by molar-refractivity contribution is 5.23. The van der Waals surface area contributed by atoms with Crippen molar-refractivity contribution in [3.8, 4) is 11.6 Å². The minimum absolute atomic E-state index is 0.180. The van der Waals surface area contributed by atoms with E-state index in [1.165, 1.54) is 0 Å². The van der Waals surface area contributed by atoms with Gasteiger partial charge in [0.1, 0.15) is 17.5 Å². The van der Waals surface area contributed by atoms with Crippen molar-refractivity contribution < 1.29 is 9.47 Å². The van der Waals surface area contributed by atoms with Crippen molar-refractivity contribution in [1.29, 1.82) is 0 Å². The molecule has 0 spiro atoms. The molecule has 0 saturated heterocycles. The quantitative estimate of drug-likeness (QED) is 0.763. The fraction of sp³-hybridized carbons (Fsp3) is 0.583. The highest BCUT2D eigenvalue weighted by atomic mass is 16.5. The average molecular weight is 207 g/mol. The van der Waals surface area contributed by atoms with E-state index in [9.17, 15) is 0 Å². The second-order valence-electron chi connectivity index (χ2n) is 4.86. The smallest absolute Gasteiger partial charge is 0.213 e. The third kappa shape index (κ3) is 3.42. The normalized spacial score (nSPS) is 16.2. The standard InChI is InChI=1S/C12H17NO2/c1-12(2,3)15-10-6-7-11(13-8-10)14-9-4-5-9/h6-9H,4-5H2,1-3H3. The molecular formula is C12H17NO2. The van der Waals surface area contributed by atoms with Gasteiger partial charge in [-0.2, -0.15) is 0 Å². The predicted octanol–water partition coefficient (Wildman–Crippen LogP) is 2.80. The fourth-order valence-electron chi connectivity index (χ4n) is 1.21. The first-order valence-corrected chi connectivity index (χ1v) is 5.35. The van der Waals surface area contributed by atoms with Crippen LogP contribution >= 0.6 is 0 Å². The van der Waals surface area contributed by atoms with Gasteiger partial charge in [-0.25, -0.2) is 4.98 Å². The maximum atomic E-state index is 5.66. The van der Waals surface area contributed by atoms with E-state index in [0.29, 0.717) is 12.0 Å². The van der Waals surface area contributed by atoms with Crippen LogP contribution in [0.15, 0.2) is 18.3 Å². The van der Waals surface area contributed by atoms with E-state index < -0.39 is 0 Å². The summed E-state index contributed by atoms with van der Waals surface area (Å²) in [5.41, 5.74) is -0.180. The van der Waals surface area contributed by atoms with Gasteiger partial charge >= 0.3 is 0 Å². The molecule has 0 atom stereocenters. The van der Waals surface area contributed by atoms with Gasteiger partial charge in [0.25, 0.3) is 0 Å². The number of hydrogen-bond donors (Lipinski definition) is 0. The Morgan fingerprint density at radius 1 is 1.27 bits per heavy atom. The molecule has 1 aromatic rings. The second kappa shape index (κ2) is 3.72. The van der Waals surface area contributed by atoms with E-state index in [4.69, 9.17) is 9.47 Å². The van der Waals surface area contributed by atoms with E-state index in [2.05, 4.69) is 4.98 Å². The lowest BCUT2D eigenvalue weighted by atomic mass is 10.2. The topological polar surface area (TPSA) is 31.4 Å². The van der Waals surface area contributed by atoms with E-state index in [0.717, 1.165) is 18.6 Å². The van der Waals surface area contributed by atoms with Crippen LogP contribution in [0.2, 0.25) is 0 Å². The summed E-state index contributed by atoms with van der Waals surface area (Å²) in [7, 11) is 0. The van der Waals surface area contributed by atoms with E-state index in [1.54, 1.807) is 6.20 Å². The summed E-state index contributed by atoms with van der Waals surface area (Å²) >= 11 is 0. The maximum absolute atomic E-state index is 5.66. The third-order valence-corrected chi connectivity index (χ3v) is 1.95. The molecule has 0 radical (unpaired) electrons. The van der Waals surface area contributed by atoms with Crippen LogP contribution in [0.25, 0.3) is 0 Å². The summed E-state index contributed by atoms with van der Waals surface area (Å²) in [5, 5.41) is 0. The van der Waals surface area contributed by atoms with Gasteiger partial charge in [-0.1, -0.05) is 0 Å². The molecule has 82 valence electrons. The molecule has 1 fully saturated rings. The van der Waals surface area contributed by atoms with Crippen LogP contribution in [-0.4, -0.2) is 16.7 Å². The Morgan fingerprint density at radius 2 is 2.00 bits per heavy atom. The van der Waals surface area contributed by atoms with Crippen LogP contribution in [0.3, 0.4) is 0 Å². The van der Waals surface area contributed by atoms with Crippen LogP contribution in [0.4, 0.5) is 0 Å². The van der Waals surface area contributed by atoms with Crippen LogP contribution in [0, 0.1) is 0 Å². The van der Waals surface area contributed by atoms with Crippen LogP contribution in [0.1, 0.15) is 33.6 Å². The maximum Gasteiger partial charge on any atom is 0.213 e. The van der Waals surface area contributed by atoms with Crippen molar-refractivity contribution in [2.24, 2.45) is 0 Å². The molecule has 1 saturated carbocycles. The fourth-order valence-corrected chi connectivity index (χ4v) is 1.21. The number of ether oxygens (including phenoxy) is 2. The zero-order valence-corrected chi connectivity index (χ0v) is 9.49. The van der Waals surface area contributed by atoms with Gasteiger partial charge in [-0.3, -0.25) is 0 Å². The molecule has 3 heteroatoms. The van der Waals surface area contributed by atoms with E-state index in [1.807, 2.05) is 32.9 Å². The Hall–Kier alpha value is -1.25. The summed E-state index contributed by atoms with van der Waals surface area (Å²) < 4.78 is 11.2. The van der Waals surface area contributed by atoms with Crippen molar-refractivity contribution in [3.63, 3.8) is 0 Å². The molecule has 3 nitrogen and oxygen atoms in total. The molecule has 0 N–H and O–H groups in total. The predicted molar refractivity (Wildman–Crippen MR) is 58.3 cm³/mol. The summed E-state index contributed by atoms with van der Waals surface area (Å²) in [5.74, 6) is 1.48. The van der Waals surface area contributed by atoms with Crippen LogP contribution in [-0.2, 0) is 0 Å². The Morgan fingerprint density at radius 3 is 2.47 bits per heavy atom. The second-order valence-corrected chi connectivity index (χ2v) is 4.86. The molecule has 1 aliphatic carbocycles. The Balaban J connectivity index is 1.96. The summed E-state index contributed by atoms with van der Waals surface area (Å²) in [6.45, 7) is 6.05. The Kier molecular flexibility index (Phi) is 2.55. The van der Waals surface area contributed by atoms with Gasteiger partial charge in [0.2, 0.25) is 5.88 Å². The molecule has 0 unspecified atom stereocenters. The SMILES string of the molecule is CC(C)(C)Oc1ccc(OC2CC2)nc1. The molecule has 0 bridgehead atoms. The van der Waals surface area contributed by atoms with Crippen LogP contribution < -0.4 is 9.47 Å². The van der Waals surface area contributed by atoms with Gasteiger partial charge in [0.05, 0.1) is 6.20 Å². The highest BCUT2D eigenvalue weighted by Gasteiger charge is 2.24. The molecular weight excluding hydrogens is 190 g/mol. The zero-order valence-electron chi connectivity index (χ0n) is 9.49. The number of nitrogens with zero attached hydrogens (tertiary/aromatic N) is 1. The average Bonchev–Trinajstić information content (AvgIpc) is 2.90. The lowest BCUT2D eigenvalue weighted by Gasteiger charge is -2.20. The summed E-state index contributed by atoms with van der Waals surface area (Å²) in [4.78, 5) is 4.20. The van der Waals surface area contributed by atoms with Crippen molar-refractivity contribution in [1.82, 2.24) is 4.98 Å². The van der Waals surface area contributed by atoms with E-state index >= 15 is 0 Å². The largest absolute Gasteiger partial charge is 0.487 e. The number of rotatable bonds is 3. The van der Waals surface area contributed by atoms with E-state index in [-0.39, 0.29) is 5.60 Å². The molecule has 2 rings (SSSR count). The number of aromatic nitrogens is 1. The summed E-state index contributed by atoms with van der Waals surface area (Å²) in [6, 6.07) is 3.76. The molecule has 0 aromatic carbocycles. The van der Waals surface area contributed by atoms with Gasteiger partial charge in [-0.05, 0) is 39.7 Å². The highest BCUT2D eigenvalue weighted by Crippen LogP contribution is 2.26. The molecule has 1 aromatic heterocycles. The number of hydrogen-bond acceptors (Lipinski definition) is 3. The van der Waals surface area contributed by atoms with Gasteiger partial charge in [-0.15, -0.1) is 0 Å². The van der Waals surface area contributed by atoms with Crippen molar-refractivity contribution in [2.75, 3.05) is 0 Å². The Bertz CT molecular complexity index is 322. The first-order chi connectivity index (χ1) is 7.03. The Labute approximate surface area is 90.4 Å². The first-order valence-electron chi connectivity index (χ1n) is 5.35. The lowest BCUT2D eigenvalue weighted by Crippen LogP contribution is -2.22. The molecule has 0 amide bonds. The first kappa shape index (κ1) is 10.3. The van der Waals surface area contributed by atoms with Gasteiger partial charge in [0.15, 0.2) is 0 Å². The van der Waals surface area contributed by atoms with Gasteiger partial charge < -0.3 is 9.47 Å². The minimum atomic E-state index is -0.180. The van der Waals surface area contributed by atoms with Gasteiger partial charge in [0, 0.05) is 6.07 Å². The molecule has 1 heterocycles. The van der Waals surface area contributed by atoms with Crippen molar-refractivity contribution in [2.45, 2.75) is 45.3 Å². The lowest BCUT2D eigenvalue weighted by molar-refractivity contribution is 0.130. The molecule has 1 aliphatic rings. The van der Waals surface area contributed by atoms with Crippen molar-refractivity contribution >= 4 is 0 Å². The summed E-state index contributed by atoms with van der Waals surface area (Å²) in [6.07, 6.45) is 4.42. The monoisotopic (exact) mass is 207 g/mol. The minimum Gasteiger partial charge on any atom is -0.487 e. The zero-order chi connectivity index (χ0) is 10.9.